The SMILES string of the molecule is FC(F)(F)c1cccc(Nc2nc(-c3ccc4c(c3)C=CC4)cs2)c1. The zero-order chi connectivity index (χ0) is 17.4. The first-order valence-corrected chi connectivity index (χ1v) is 8.57. The Morgan fingerprint density at radius 1 is 1.08 bits per heavy atom. The van der Waals surface area contributed by atoms with E-state index in [-0.39, 0.29) is 0 Å². The lowest BCUT2D eigenvalue weighted by atomic mass is 10.0. The summed E-state index contributed by atoms with van der Waals surface area (Å²) in [7, 11) is 0. The molecule has 0 unspecified atom stereocenters. The largest absolute Gasteiger partial charge is 0.416 e. The molecule has 1 heterocycles. The number of aromatic nitrogens is 1. The lowest BCUT2D eigenvalue weighted by molar-refractivity contribution is -0.137. The third kappa shape index (κ3) is 3.30. The van der Waals surface area contributed by atoms with Gasteiger partial charge in [-0.1, -0.05) is 30.4 Å². The minimum atomic E-state index is -4.36. The maximum atomic E-state index is 12.8. The normalized spacial score (nSPS) is 13.1. The van der Waals surface area contributed by atoms with Crippen LogP contribution in [0.15, 0.2) is 53.9 Å². The minimum absolute atomic E-state index is 0.368. The molecule has 0 saturated heterocycles. The molecule has 1 aliphatic rings. The molecule has 3 aromatic rings. The van der Waals surface area contributed by atoms with Gasteiger partial charge in [-0.25, -0.2) is 4.98 Å². The van der Waals surface area contributed by atoms with Gasteiger partial charge in [-0.2, -0.15) is 13.2 Å². The van der Waals surface area contributed by atoms with Crippen molar-refractivity contribution in [3.05, 3.63) is 70.6 Å². The smallest absolute Gasteiger partial charge is 0.332 e. The molecule has 0 aliphatic heterocycles. The molecule has 0 atom stereocenters. The highest BCUT2D eigenvalue weighted by Crippen LogP contribution is 2.33. The summed E-state index contributed by atoms with van der Waals surface area (Å²) in [6, 6.07) is 11.3. The van der Waals surface area contributed by atoms with Crippen molar-refractivity contribution in [3.8, 4) is 11.3 Å². The Bertz CT molecular complexity index is 957. The van der Waals surface area contributed by atoms with E-state index in [4.69, 9.17) is 0 Å². The Morgan fingerprint density at radius 2 is 1.96 bits per heavy atom. The number of nitrogens with one attached hydrogen (secondary N) is 1. The highest BCUT2D eigenvalue weighted by atomic mass is 32.1. The molecule has 0 radical (unpaired) electrons. The van der Waals surface area contributed by atoms with E-state index >= 15 is 0 Å². The molecule has 0 bridgehead atoms. The van der Waals surface area contributed by atoms with Crippen LogP contribution in [0.3, 0.4) is 0 Å². The second kappa shape index (κ2) is 6.04. The van der Waals surface area contributed by atoms with Crippen molar-refractivity contribution in [3.63, 3.8) is 0 Å². The quantitative estimate of drug-likeness (QED) is 0.608. The number of hydrogen-bond donors (Lipinski definition) is 1. The molecule has 1 aromatic heterocycles. The summed E-state index contributed by atoms with van der Waals surface area (Å²) >= 11 is 1.36. The van der Waals surface area contributed by atoms with Gasteiger partial charge in [-0.15, -0.1) is 11.3 Å². The molecule has 0 saturated carbocycles. The van der Waals surface area contributed by atoms with Crippen LogP contribution in [-0.4, -0.2) is 4.98 Å². The first-order chi connectivity index (χ1) is 12.0. The number of nitrogens with zero attached hydrogens (tertiary/aromatic N) is 1. The van der Waals surface area contributed by atoms with Gasteiger partial charge in [0.25, 0.3) is 0 Å². The molecular formula is C19H13F3N2S. The van der Waals surface area contributed by atoms with Crippen molar-refractivity contribution in [2.24, 2.45) is 0 Å². The van der Waals surface area contributed by atoms with Crippen molar-refractivity contribution in [1.82, 2.24) is 4.98 Å². The molecule has 25 heavy (non-hydrogen) atoms. The van der Waals surface area contributed by atoms with Crippen LogP contribution in [0.25, 0.3) is 17.3 Å². The predicted molar refractivity (Wildman–Crippen MR) is 95.0 cm³/mol. The van der Waals surface area contributed by atoms with E-state index in [0.717, 1.165) is 29.8 Å². The summed E-state index contributed by atoms with van der Waals surface area (Å²) in [5.74, 6) is 0. The molecule has 0 amide bonds. The van der Waals surface area contributed by atoms with E-state index in [1.165, 1.54) is 28.5 Å². The van der Waals surface area contributed by atoms with E-state index in [2.05, 4.69) is 34.6 Å². The van der Waals surface area contributed by atoms with E-state index < -0.39 is 11.7 Å². The van der Waals surface area contributed by atoms with Crippen LogP contribution in [0.4, 0.5) is 24.0 Å². The summed E-state index contributed by atoms with van der Waals surface area (Å²) in [6.45, 7) is 0. The number of alkyl halides is 3. The molecule has 126 valence electrons. The topological polar surface area (TPSA) is 24.9 Å². The molecule has 0 fully saturated rings. The number of allylic oxidation sites excluding steroid dienone is 1. The Hall–Kier alpha value is -2.60. The standard InChI is InChI=1S/C19H13F3N2S/c20-19(21,22)15-5-2-6-16(10-15)23-18-24-17(11-25-18)14-8-7-12-3-1-4-13(12)9-14/h1-2,4-11H,3H2,(H,23,24). The van der Waals surface area contributed by atoms with Crippen LogP contribution in [-0.2, 0) is 12.6 Å². The first-order valence-electron chi connectivity index (χ1n) is 7.69. The summed E-state index contributed by atoms with van der Waals surface area (Å²) in [4.78, 5) is 4.50. The highest BCUT2D eigenvalue weighted by molar-refractivity contribution is 7.14. The maximum Gasteiger partial charge on any atom is 0.416 e. The van der Waals surface area contributed by atoms with E-state index in [1.54, 1.807) is 6.07 Å². The van der Waals surface area contributed by atoms with E-state index in [1.807, 2.05) is 11.4 Å². The maximum absolute atomic E-state index is 12.8. The zero-order valence-corrected chi connectivity index (χ0v) is 13.8. The third-order valence-corrected chi connectivity index (χ3v) is 4.78. The van der Waals surface area contributed by atoms with Crippen molar-refractivity contribution >= 4 is 28.2 Å². The van der Waals surface area contributed by atoms with Gasteiger partial charge in [-0.05, 0) is 41.8 Å². The van der Waals surface area contributed by atoms with Gasteiger partial charge in [0, 0.05) is 16.6 Å². The molecule has 1 aliphatic carbocycles. The van der Waals surface area contributed by atoms with Crippen molar-refractivity contribution in [2.45, 2.75) is 12.6 Å². The van der Waals surface area contributed by atoms with Crippen molar-refractivity contribution in [1.29, 1.82) is 0 Å². The third-order valence-electron chi connectivity index (χ3n) is 4.02. The fourth-order valence-electron chi connectivity index (χ4n) is 2.77. The van der Waals surface area contributed by atoms with Crippen molar-refractivity contribution < 1.29 is 13.2 Å². The average Bonchev–Trinajstić information content (AvgIpc) is 3.22. The summed E-state index contributed by atoms with van der Waals surface area (Å²) in [5.41, 5.74) is 3.98. The van der Waals surface area contributed by atoms with Crippen LogP contribution in [0.2, 0.25) is 0 Å². The summed E-state index contributed by atoms with van der Waals surface area (Å²) in [5, 5.41) is 5.41. The van der Waals surface area contributed by atoms with Gasteiger partial charge in [0.05, 0.1) is 11.3 Å². The van der Waals surface area contributed by atoms with E-state index in [9.17, 15) is 13.2 Å². The lowest BCUT2D eigenvalue weighted by Crippen LogP contribution is -2.05. The van der Waals surface area contributed by atoms with Gasteiger partial charge >= 0.3 is 6.18 Å². The number of anilines is 2. The first kappa shape index (κ1) is 15.9. The van der Waals surface area contributed by atoms with Crippen LogP contribution in [0.5, 0.6) is 0 Å². The Labute approximate surface area is 146 Å². The minimum Gasteiger partial charge on any atom is -0.332 e. The van der Waals surface area contributed by atoms with Gasteiger partial charge in [-0.3, -0.25) is 0 Å². The van der Waals surface area contributed by atoms with E-state index in [0.29, 0.717) is 10.8 Å². The predicted octanol–water partition coefficient (Wildman–Crippen LogP) is 6.14. The Kier molecular flexibility index (Phi) is 3.84. The summed E-state index contributed by atoms with van der Waals surface area (Å²) < 4.78 is 38.4. The molecule has 1 N–H and O–H groups in total. The van der Waals surface area contributed by atoms with Crippen LogP contribution < -0.4 is 5.32 Å². The van der Waals surface area contributed by atoms with Crippen LogP contribution in [0.1, 0.15) is 16.7 Å². The molecule has 2 aromatic carbocycles. The summed E-state index contributed by atoms with van der Waals surface area (Å²) in [6.07, 6.45) is 0.807. The number of halogens is 3. The van der Waals surface area contributed by atoms with Crippen LogP contribution in [0, 0.1) is 0 Å². The fourth-order valence-corrected chi connectivity index (χ4v) is 3.51. The number of hydrogen-bond acceptors (Lipinski definition) is 3. The Balaban J connectivity index is 1.57. The number of benzene rings is 2. The molecular weight excluding hydrogens is 345 g/mol. The van der Waals surface area contributed by atoms with Gasteiger partial charge in [0.15, 0.2) is 5.13 Å². The van der Waals surface area contributed by atoms with Crippen LogP contribution >= 0.6 is 11.3 Å². The highest BCUT2D eigenvalue weighted by Gasteiger charge is 2.30. The zero-order valence-electron chi connectivity index (χ0n) is 13.0. The fraction of sp³-hybridized carbons (Fsp3) is 0.105. The van der Waals surface area contributed by atoms with Gasteiger partial charge < -0.3 is 5.32 Å². The molecule has 0 spiro atoms. The lowest BCUT2D eigenvalue weighted by Gasteiger charge is -2.09. The monoisotopic (exact) mass is 358 g/mol. The average molecular weight is 358 g/mol. The number of rotatable bonds is 3. The van der Waals surface area contributed by atoms with Gasteiger partial charge in [0.1, 0.15) is 0 Å². The Morgan fingerprint density at radius 3 is 2.80 bits per heavy atom. The second-order valence-electron chi connectivity index (χ2n) is 5.76. The molecule has 2 nitrogen and oxygen atoms in total. The molecule has 4 rings (SSSR count). The number of thiazole rings is 1. The second-order valence-corrected chi connectivity index (χ2v) is 6.62. The van der Waals surface area contributed by atoms with Crippen molar-refractivity contribution in [2.75, 3.05) is 5.32 Å². The number of fused-ring (bicyclic) bond motifs is 1. The molecule has 6 heteroatoms. The van der Waals surface area contributed by atoms with Gasteiger partial charge in [0.2, 0.25) is 0 Å².